The Morgan fingerprint density at radius 2 is 0.410 bits per heavy atom. The van der Waals surface area contributed by atoms with E-state index in [0.717, 1.165) is 0 Å². The number of nitrogens with zero attached hydrogens (tertiary/aromatic N) is 1. The first-order valence-electron chi connectivity index (χ1n) is 26.7. The molecule has 0 aliphatic carbocycles. The van der Waals surface area contributed by atoms with E-state index in [-0.39, 0.29) is 12.8 Å². The number of carbonyl (C=O) groups excluding carboxylic acids is 2. The SMILES string of the molecule is O=C1CCC(=O)N1C[C@H]1O[C@@H]2O[C@H]3[C@H](O)[C@@H](O)[C@@H](O[C@H]4[C@H](O)[C@@H](O)[C@@H](O[C@H]5[C@H](O)[C@@H](O)[C@@H](O[C@H]6[C@H](O)[C@@H](O)[C@@H](O[C@H]7[C@H](O)[C@@H](O)[C@@H](O[C@H]8[C@H](O)[C@@H](O)[C@@H](O[C@H]1[C@H](O)[C@H]2O)O[C@@H]8CO)O[C@@H]7CO)O[C@@H]6CO)O[C@@H]5CO)O[C@@H]4CO)O[C@@H]3CO. The van der Waals surface area contributed by atoms with Gasteiger partial charge >= 0.3 is 0 Å². The van der Waals surface area contributed by atoms with Crippen LogP contribution in [0.2, 0.25) is 0 Å². The molecule has 22 aliphatic heterocycles. The van der Waals surface area contributed by atoms with Gasteiger partial charge in [-0.05, 0) is 0 Å². The maximum atomic E-state index is 12.9. The van der Waals surface area contributed by atoms with Crippen molar-refractivity contribution >= 4 is 11.8 Å². The Morgan fingerprint density at radius 1 is 0.253 bits per heavy atom. The van der Waals surface area contributed by atoms with Crippen LogP contribution in [0.25, 0.3) is 0 Å². The van der Waals surface area contributed by atoms with E-state index in [0.29, 0.717) is 4.90 Å². The molecule has 0 radical (unpaired) electrons. The van der Waals surface area contributed by atoms with Gasteiger partial charge in [0.1, 0.15) is 171 Å². The summed E-state index contributed by atoms with van der Waals surface area (Å²) >= 11 is 0. The topological polar surface area (TPSA) is 571 Å². The molecule has 20 N–H and O–H groups in total. The summed E-state index contributed by atoms with van der Waals surface area (Å²) in [5.74, 6) is -1.46. The van der Waals surface area contributed by atoms with Gasteiger partial charge in [0.25, 0.3) is 0 Å². The zero-order chi connectivity index (χ0) is 60.2. The molecular formula is C46H73NO36. The van der Waals surface area contributed by atoms with E-state index in [2.05, 4.69) is 0 Å². The van der Waals surface area contributed by atoms with Gasteiger partial charge in [0.2, 0.25) is 11.8 Å². The molecular weight excluding hydrogens is 1140 g/mol. The van der Waals surface area contributed by atoms with Crippen molar-refractivity contribution in [3.05, 3.63) is 0 Å². The second kappa shape index (κ2) is 27.3. The molecule has 22 aliphatic rings. The number of ether oxygens (including phenoxy) is 14. The van der Waals surface area contributed by atoms with Gasteiger partial charge in [0, 0.05) is 12.8 Å². The summed E-state index contributed by atoms with van der Waals surface area (Å²) in [7, 11) is 0. The van der Waals surface area contributed by atoms with Crippen molar-refractivity contribution in [3.8, 4) is 0 Å². The normalized spacial score (nSPS) is 53.3. The minimum Gasteiger partial charge on any atom is -0.394 e. The number of hydrogen-bond donors (Lipinski definition) is 20. The molecule has 22 fully saturated rings. The number of rotatable bonds is 8. The molecule has 37 nitrogen and oxygen atoms in total. The van der Waals surface area contributed by atoms with Gasteiger partial charge in [-0.15, -0.1) is 0 Å². The molecule has 83 heavy (non-hydrogen) atoms. The first-order chi connectivity index (χ1) is 39.5. The van der Waals surface area contributed by atoms with Crippen molar-refractivity contribution in [2.24, 2.45) is 0 Å². The predicted octanol–water partition coefficient (Wildman–Crippen LogP) is -15.1. The number of amides is 2. The fourth-order valence-corrected chi connectivity index (χ4v) is 11.4. The van der Waals surface area contributed by atoms with Crippen molar-refractivity contribution < 1.29 is 178 Å². The molecule has 35 atom stereocenters. The van der Waals surface area contributed by atoms with Gasteiger partial charge in [-0.25, -0.2) is 0 Å². The Bertz CT molecular complexity index is 2090. The van der Waals surface area contributed by atoms with E-state index < -0.39 is 273 Å². The fourth-order valence-electron chi connectivity index (χ4n) is 11.4. The molecule has 0 unspecified atom stereocenters. The second-order valence-corrected chi connectivity index (χ2v) is 21.4. The molecule has 0 spiro atoms. The fraction of sp³-hybridized carbons (Fsp3) is 0.957. The van der Waals surface area contributed by atoms with Crippen molar-refractivity contribution in [1.82, 2.24) is 4.90 Å². The lowest BCUT2D eigenvalue weighted by atomic mass is 9.95. The molecule has 2 amide bonds. The molecule has 22 rings (SSSR count). The van der Waals surface area contributed by atoms with Crippen molar-refractivity contribution in [2.75, 3.05) is 46.2 Å². The Morgan fingerprint density at radius 3 is 0.578 bits per heavy atom. The van der Waals surface area contributed by atoms with E-state index >= 15 is 0 Å². The van der Waals surface area contributed by atoms with Gasteiger partial charge in [-0.2, -0.15) is 0 Å². The summed E-state index contributed by atoms with van der Waals surface area (Å²) in [6.45, 7) is -7.22. The van der Waals surface area contributed by atoms with E-state index in [1.54, 1.807) is 0 Å². The minimum absolute atomic E-state index is 0.261. The summed E-state index contributed by atoms with van der Waals surface area (Å²) in [5, 5.41) is 223. The summed E-state index contributed by atoms with van der Waals surface area (Å²) < 4.78 is 80.5. The van der Waals surface area contributed by atoms with Crippen LogP contribution in [-0.4, -0.2) is 380 Å². The summed E-state index contributed by atoms with van der Waals surface area (Å²) in [6.07, 6.45) is -72.3. The number of carbonyl (C=O) groups is 2. The number of imide groups is 1. The van der Waals surface area contributed by atoms with E-state index in [4.69, 9.17) is 66.3 Å². The lowest BCUT2D eigenvalue weighted by Crippen LogP contribution is -2.68. The second-order valence-electron chi connectivity index (χ2n) is 21.4. The van der Waals surface area contributed by atoms with E-state index in [9.17, 15) is 112 Å². The molecule has 22 saturated heterocycles. The van der Waals surface area contributed by atoms with Crippen LogP contribution in [0.4, 0.5) is 0 Å². The largest absolute Gasteiger partial charge is 0.394 e. The monoisotopic (exact) mass is 1220 g/mol. The van der Waals surface area contributed by atoms with Crippen LogP contribution in [0.3, 0.4) is 0 Å². The Balaban J connectivity index is 1.02. The zero-order valence-corrected chi connectivity index (χ0v) is 43.5. The zero-order valence-electron chi connectivity index (χ0n) is 43.5. The van der Waals surface area contributed by atoms with Gasteiger partial charge in [-0.1, -0.05) is 0 Å². The number of hydrogen-bond acceptors (Lipinski definition) is 36. The molecule has 478 valence electrons. The quantitative estimate of drug-likeness (QED) is 0.100. The molecule has 22 heterocycles. The maximum absolute atomic E-state index is 12.9. The first-order valence-corrected chi connectivity index (χ1v) is 26.7. The van der Waals surface area contributed by atoms with Crippen molar-refractivity contribution in [3.63, 3.8) is 0 Å². The van der Waals surface area contributed by atoms with Gasteiger partial charge in [0.15, 0.2) is 44.0 Å². The standard InChI is InChI=1S/C46H73NO36/c48-4-11-34-21(58)28(65)42(72-11)80-36-13(6-50)74-44(30(67)23(36)60)82-38-15(8-52)76-46(32(69)25(38)62)83-39-16(9-53)75-45(31(68)24(39)61)81-37-14(7-51)73-43(29(66)22(37)59)79-35-12(5-49)71-41(27(64)20(35)57)77-33-10(3-47-17(54)1-2-18(47)55)70-40(78-34)26(63)19(33)56/h10-16,19-46,48-53,56-69H,1-9H2/t10-,11-,12-,13-,14-,15-,16-,19-,20-,21-,22-,23-,24-,25-,26-,27-,28-,29-,30-,31-,32-,33-,34-,35-,36-,37-,38-,39-,40-,41-,42-,43-,44-,45-,46-/m1/s1. The van der Waals surface area contributed by atoms with Gasteiger partial charge < -0.3 is 168 Å². The van der Waals surface area contributed by atoms with Crippen LogP contribution in [0.15, 0.2) is 0 Å². The lowest BCUT2D eigenvalue weighted by molar-refractivity contribution is -0.396. The molecule has 0 aromatic rings. The molecule has 14 bridgehead atoms. The highest BCUT2D eigenvalue weighted by Gasteiger charge is 2.60. The molecule has 0 aromatic heterocycles. The van der Waals surface area contributed by atoms with Gasteiger partial charge in [0.05, 0.1) is 46.2 Å². The van der Waals surface area contributed by atoms with E-state index in [1.165, 1.54) is 0 Å². The highest BCUT2D eigenvalue weighted by molar-refractivity contribution is 6.01. The highest BCUT2D eigenvalue weighted by atomic mass is 16.8. The Labute approximate surface area is 468 Å². The smallest absolute Gasteiger partial charge is 0.229 e. The predicted molar refractivity (Wildman–Crippen MR) is 247 cm³/mol. The third-order valence-electron chi connectivity index (χ3n) is 16.1. The number of aliphatic hydroxyl groups is 20. The van der Waals surface area contributed by atoms with E-state index in [1.807, 2.05) is 0 Å². The van der Waals surface area contributed by atoms with Gasteiger partial charge in [-0.3, -0.25) is 14.5 Å². The van der Waals surface area contributed by atoms with Crippen LogP contribution in [0.1, 0.15) is 12.8 Å². The number of likely N-dealkylation sites (tertiary alicyclic amines) is 1. The Kier molecular flexibility index (Phi) is 21.4. The molecule has 0 saturated carbocycles. The van der Waals surface area contributed by atoms with Crippen LogP contribution < -0.4 is 0 Å². The van der Waals surface area contributed by atoms with Crippen LogP contribution >= 0.6 is 0 Å². The summed E-state index contributed by atoms with van der Waals surface area (Å²) in [5.41, 5.74) is 0. The number of aliphatic hydroxyl groups excluding tert-OH is 20. The minimum atomic E-state index is -2.29. The molecule has 37 heteroatoms. The van der Waals surface area contributed by atoms with Crippen molar-refractivity contribution in [1.29, 1.82) is 0 Å². The third-order valence-corrected chi connectivity index (χ3v) is 16.1. The average Bonchev–Trinajstić information content (AvgIpc) is 3.46. The van der Waals surface area contributed by atoms with Crippen LogP contribution in [0.5, 0.6) is 0 Å². The summed E-state index contributed by atoms with van der Waals surface area (Å²) in [6, 6.07) is 0. The third kappa shape index (κ3) is 12.7. The van der Waals surface area contributed by atoms with Crippen molar-refractivity contribution in [2.45, 2.75) is 228 Å². The van der Waals surface area contributed by atoms with Crippen LogP contribution in [-0.2, 0) is 75.9 Å². The summed E-state index contributed by atoms with van der Waals surface area (Å²) in [4.78, 5) is 26.5. The highest BCUT2D eigenvalue weighted by Crippen LogP contribution is 2.39. The Hall–Kier alpha value is -2.22. The average molecular weight is 1220 g/mol. The van der Waals surface area contributed by atoms with Crippen LogP contribution in [0, 0.1) is 0 Å². The molecule has 0 aromatic carbocycles. The maximum Gasteiger partial charge on any atom is 0.229 e. The first kappa shape index (κ1) is 65.2. The lowest BCUT2D eigenvalue weighted by Gasteiger charge is -2.50.